The van der Waals surface area contributed by atoms with Crippen molar-refractivity contribution >= 4 is 61.3 Å². The quantitative estimate of drug-likeness (QED) is 0.419. The summed E-state index contributed by atoms with van der Waals surface area (Å²) in [6, 6.07) is 19.5. The molecule has 1 aromatic heterocycles. The molecule has 3 aromatic carbocycles. The second kappa shape index (κ2) is 7.89. The van der Waals surface area contributed by atoms with E-state index in [9.17, 15) is 8.42 Å². The number of sulfonamides is 1. The number of aromatic nitrogens is 1. The highest BCUT2D eigenvalue weighted by molar-refractivity contribution is 7.92. The van der Waals surface area contributed by atoms with E-state index in [-0.39, 0.29) is 12.4 Å². The Kier molecular flexibility index (Phi) is 5.68. The minimum Gasteiger partial charge on any atom is -0.354 e. The van der Waals surface area contributed by atoms with E-state index in [0.717, 1.165) is 39.4 Å². The lowest BCUT2D eigenvalue weighted by molar-refractivity contribution is 0.607. The van der Waals surface area contributed by atoms with E-state index in [2.05, 4.69) is 42.1 Å². The van der Waals surface area contributed by atoms with Gasteiger partial charge in [-0.3, -0.25) is 4.72 Å². The number of aryl methyl sites for hydroxylation is 2. The summed E-state index contributed by atoms with van der Waals surface area (Å²) in [5.74, 6) is 0. The predicted octanol–water partition coefficient (Wildman–Crippen LogP) is 5.54. The van der Waals surface area contributed by atoms with Gasteiger partial charge in [0.2, 0.25) is 10.0 Å². The zero-order valence-electron chi connectivity index (χ0n) is 16.4. The number of nitrogens with one attached hydrogen (secondary N) is 2. The van der Waals surface area contributed by atoms with Crippen LogP contribution in [0.15, 0.2) is 60.7 Å². The van der Waals surface area contributed by atoms with Crippen LogP contribution in [0.5, 0.6) is 0 Å². The molecule has 0 aliphatic carbocycles. The van der Waals surface area contributed by atoms with Gasteiger partial charge in [-0.05, 0) is 55.3 Å². The van der Waals surface area contributed by atoms with Crippen LogP contribution in [0, 0.1) is 13.8 Å². The molecule has 0 unspecified atom stereocenters. The third-order valence-corrected chi connectivity index (χ3v) is 5.44. The number of benzene rings is 3. The van der Waals surface area contributed by atoms with Gasteiger partial charge < -0.3 is 5.32 Å². The minimum atomic E-state index is -3.29. The van der Waals surface area contributed by atoms with Crippen LogP contribution in [-0.2, 0) is 10.0 Å². The predicted molar refractivity (Wildman–Crippen MR) is 124 cm³/mol. The Morgan fingerprint density at radius 2 is 1.48 bits per heavy atom. The van der Waals surface area contributed by atoms with Gasteiger partial charge in [-0.1, -0.05) is 30.3 Å². The average molecular weight is 428 g/mol. The molecule has 4 rings (SSSR count). The van der Waals surface area contributed by atoms with Crippen molar-refractivity contribution in [3.63, 3.8) is 0 Å². The normalized spacial score (nSPS) is 11.3. The first-order valence-corrected chi connectivity index (χ1v) is 10.8. The second-order valence-corrected chi connectivity index (χ2v) is 8.73. The molecule has 0 spiro atoms. The topological polar surface area (TPSA) is 71.1 Å². The van der Waals surface area contributed by atoms with Crippen molar-refractivity contribution in [2.75, 3.05) is 16.3 Å². The zero-order chi connectivity index (χ0) is 19.9. The first-order chi connectivity index (χ1) is 13.3. The number of pyridine rings is 1. The third-order valence-electron chi connectivity index (χ3n) is 4.83. The van der Waals surface area contributed by atoms with Crippen molar-refractivity contribution in [1.82, 2.24) is 4.98 Å². The summed E-state index contributed by atoms with van der Waals surface area (Å²) < 4.78 is 25.3. The fraction of sp³-hybridized carbons (Fsp3) is 0.136. The third kappa shape index (κ3) is 4.28. The summed E-state index contributed by atoms with van der Waals surface area (Å²) in [5.41, 5.74) is 6.68. The van der Waals surface area contributed by atoms with Crippen LogP contribution in [0.3, 0.4) is 0 Å². The summed E-state index contributed by atoms with van der Waals surface area (Å²) in [7, 11) is -3.29. The Balaban J connectivity index is 0.00000240. The van der Waals surface area contributed by atoms with Gasteiger partial charge >= 0.3 is 0 Å². The van der Waals surface area contributed by atoms with Crippen molar-refractivity contribution in [2.24, 2.45) is 0 Å². The van der Waals surface area contributed by atoms with Gasteiger partial charge in [-0.2, -0.15) is 0 Å². The van der Waals surface area contributed by atoms with E-state index in [1.54, 1.807) is 12.1 Å². The van der Waals surface area contributed by atoms with Gasteiger partial charge in [0.1, 0.15) is 0 Å². The van der Waals surface area contributed by atoms with Crippen LogP contribution in [-0.4, -0.2) is 19.7 Å². The van der Waals surface area contributed by atoms with Gasteiger partial charge in [-0.15, -0.1) is 12.4 Å². The molecule has 4 aromatic rings. The van der Waals surface area contributed by atoms with Crippen LogP contribution in [0.1, 0.15) is 11.1 Å². The van der Waals surface area contributed by atoms with E-state index < -0.39 is 10.0 Å². The maximum Gasteiger partial charge on any atom is 0.229 e. The Bertz CT molecular complexity index is 1300. The van der Waals surface area contributed by atoms with Crippen molar-refractivity contribution in [3.05, 3.63) is 71.8 Å². The number of hydrogen-bond donors (Lipinski definition) is 2. The molecule has 0 saturated heterocycles. The highest BCUT2D eigenvalue weighted by Gasteiger charge is 2.12. The molecule has 0 radical (unpaired) electrons. The van der Waals surface area contributed by atoms with Gasteiger partial charge in [0, 0.05) is 22.1 Å². The van der Waals surface area contributed by atoms with Gasteiger partial charge in [0.15, 0.2) is 0 Å². The Labute approximate surface area is 176 Å². The lowest BCUT2D eigenvalue weighted by atomic mass is 10.0. The first kappa shape index (κ1) is 20.9. The molecule has 5 nitrogen and oxygen atoms in total. The molecule has 0 atom stereocenters. The van der Waals surface area contributed by atoms with Crippen molar-refractivity contribution < 1.29 is 8.42 Å². The molecule has 2 N–H and O–H groups in total. The summed E-state index contributed by atoms with van der Waals surface area (Å²) in [6.07, 6.45) is 1.14. The van der Waals surface area contributed by atoms with E-state index in [4.69, 9.17) is 4.98 Å². The number of hydrogen-bond acceptors (Lipinski definition) is 4. The van der Waals surface area contributed by atoms with Crippen LogP contribution < -0.4 is 10.0 Å². The molecule has 29 heavy (non-hydrogen) atoms. The Hall–Kier alpha value is -2.83. The highest BCUT2D eigenvalue weighted by Crippen LogP contribution is 2.35. The van der Waals surface area contributed by atoms with Crippen LogP contribution in [0.25, 0.3) is 21.8 Å². The maximum absolute atomic E-state index is 11.4. The Morgan fingerprint density at radius 3 is 2.17 bits per heavy atom. The largest absolute Gasteiger partial charge is 0.354 e. The van der Waals surface area contributed by atoms with E-state index in [1.807, 2.05) is 30.3 Å². The maximum atomic E-state index is 11.4. The van der Waals surface area contributed by atoms with E-state index in [0.29, 0.717) is 5.69 Å². The molecule has 0 aliphatic rings. The molecule has 1 heterocycles. The SMILES string of the molecule is Cc1ccc2c(Nc3ccc(NS(C)(=O)=O)cc3)c3ccccc3nc2c1C.Cl. The standard InChI is InChI=1S/C22H21N3O2S.ClH/c1-14-8-13-19-21(15(14)2)24-20-7-5-4-6-18(20)22(19)23-16-9-11-17(12-10-16)25-28(3,26)27;/h4-13,25H,1-3H3,(H,23,24);1H. The number of anilines is 3. The summed E-state index contributed by atoms with van der Waals surface area (Å²) in [5, 5.41) is 5.60. The molecule has 7 heteroatoms. The number of halogens is 1. The van der Waals surface area contributed by atoms with Crippen molar-refractivity contribution in [1.29, 1.82) is 0 Å². The molecule has 0 bridgehead atoms. The van der Waals surface area contributed by atoms with E-state index in [1.165, 1.54) is 11.1 Å². The molecular weight excluding hydrogens is 406 g/mol. The van der Waals surface area contributed by atoms with Crippen LogP contribution in [0.2, 0.25) is 0 Å². The molecule has 0 saturated carbocycles. The lowest BCUT2D eigenvalue weighted by Gasteiger charge is -2.15. The monoisotopic (exact) mass is 427 g/mol. The summed E-state index contributed by atoms with van der Waals surface area (Å²) in [6.45, 7) is 4.18. The van der Waals surface area contributed by atoms with Gasteiger partial charge in [0.25, 0.3) is 0 Å². The first-order valence-electron chi connectivity index (χ1n) is 8.95. The molecule has 0 amide bonds. The zero-order valence-corrected chi connectivity index (χ0v) is 18.0. The number of nitrogens with zero attached hydrogens (tertiary/aromatic N) is 1. The minimum absolute atomic E-state index is 0. The number of fused-ring (bicyclic) bond motifs is 2. The smallest absolute Gasteiger partial charge is 0.229 e. The van der Waals surface area contributed by atoms with Crippen molar-refractivity contribution in [3.8, 4) is 0 Å². The lowest BCUT2D eigenvalue weighted by Crippen LogP contribution is -2.09. The van der Waals surface area contributed by atoms with Crippen LogP contribution >= 0.6 is 12.4 Å². The van der Waals surface area contributed by atoms with Gasteiger partial charge in [0.05, 0.1) is 23.0 Å². The molecule has 0 aliphatic heterocycles. The molecular formula is C22H22ClN3O2S. The fourth-order valence-corrected chi connectivity index (χ4v) is 3.87. The van der Waals surface area contributed by atoms with Crippen molar-refractivity contribution in [2.45, 2.75) is 13.8 Å². The number of rotatable bonds is 4. The van der Waals surface area contributed by atoms with Gasteiger partial charge in [-0.25, -0.2) is 13.4 Å². The Morgan fingerprint density at radius 1 is 0.828 bits per heavy atom. The van der Waals surface area contributed by atoms with E-state index >= 15 is 0 Å². The average Bonchev–Trinajstić information content (AvgIpc) is 2.65. The molecule has 150 valence electrons. The highest BCUT2D eigenvalue weighted by atomic mass is 35.5. The molecule has 0 fully saturated rings. The summed E-state index contributed by atoms with van der Waals surface area (Å²) in [4.78, 5) is 4.88. The second-order valence-electron chi connectivity index (χ2n) is 6.98. The fourth-order valence-electron chi connectivity index (χ4n) is 3.31. The number of para-hydroxylation sites is 1. The van der Waals surface area contributed by atoms with Crippen LogP contribution in [0.4, 0.5) is 17.1 Å². The summed E-state index contributed by atoms with van der Waals surface area (Å²) >= 11 is 0.